The highest BCUT2D eigenvalue weighted by Gasteiger charge is 2.10. The maximum Gasteiger partial charge on any atom is 0.309 e. The van der Waals surface area contributed by atoms with Gasteiger partial charge in [-0.15, -0.1) is 12.6 Å². The van der Waals surface area contributed by atoms with E-state index >= 15 is 0 Å². The summed E-state index contributed by atoms with van der Waals surface area (Å²) in [6.45, 7) is 1.75. The predicted octanol–water partition coefficient (Wildman–Crippen LogP) is 5.49. The van der Waals surface area contributed by atoms with E-state index in [0.717, 1.165) is 10.5 Å². The van der Waals surface area contributed by atoms with Crippen LogP contribution in [-0.4, -0.2) is 15.0 Å². The highest BCUT2D eigenvalue weighted by molar-refractivity contribution is 7.80. The molecule has 2 N–H and O–H groups in total. The van der Waals surface area contributed by atoms with Gasteiger partial charge in [0, 0.05) is 27.7 Å². The number of aryl methyl sites for hydroxylation is 1. The van der Waals surface area contributed by atoms with Crippen LogP contribution in [0.15, 0.2) is 59.6 Å². The summed E-state index contributed by atoms with van der Waals surface area (Å²) in [5, 5.41) is 1.37. The van der Waals surface area contributed by atoms with Gasteiger partial charge in [-0.25, -0.2) is 19.3 Å². The molecule has 2 aromatic heterocycles. The monoisotopic (exact) mass is 416 g/mol. The summed E-state index contributed by atoms with van der Waals surface area (Å²) < 4.78 is 26.5. The topological polar surface area (TPSA) is 64.7 Å². The molecule has 8 heteroatoms. The van der Waals surface area contributed by atoms with Crippen LogP contribution in [0.4, 0.5) is 14.6 Å². The van der Waals surface area contributed by atoms with E-state index in [0.29, 0.717) is 27.2 Å². The van der Waals surface area contributed by atoms with Crippen molar-refractivity contribution >= 4 is 41.0 Å². The second-order valence-electron chi connectivity index (χ2n) is 5.85. The first kappa shape index (κ1) is 20.0. The number of hydrogen-bond acceptors (Lipinski definition) is 5. The van der Waals surface area contributed by atoms with Gasteiger partial charge in [-0.1, -0.05) is 29.8 Å². The number of nitrogens with zero attached hydrogens (tertiary/aromatic N) is 3. The van der Waals surface area contributed by atoms with E-state index in [1.807, 2.05) is 24.3 Å². The van der Waals surface area contributed by atoms with Gasteiger partial charge in [-0.3, -0.25) is 0 Å². The number of halogens is 3. The molecular formula is C20H15ClF2N4S. The molecule has 0 radical (unpaired) electrons. The molecule has 0 amide bonds. The van der Waals surface area contributed by atoms with Crippen molar-refractivity contribution in [1.82, 2.24) is 15.0 Å². The first-order chi connectivity index (χ1) is 13.3. The lowest BCUT2D eigenvalue weighted by Gasteiger charge is -2.08. The van der Waals surface area contributed by atoms with Crippen molar-refractivity contribution in [3.63, 3.8) is 0 Å². The molecule has 2 aromatic carbocycles. The minimum absolute atomic E-state index is 0.127. The Bertz CT molecular complexity index is 1130. The molecule has 4 aromatic rings. The van der Waals surface area contributed by atoms with Crippen LogP contribution >= 0.6 is 24.2 Å². The lowest BCUT2D eigenvalue weighted by atomic mass is 10.0. The SMILES string of the molecule is Cc1nc(N)c(F)cc1-c1ccc2nc(F)ncc2c1.Sc1ccccc1Cl. The fourth-order valence-corrected chi connectivity index (χ4v) is 2.82. The number of anilines is 1. The van der Waals surface area contributed by atoms with Crippen LogP contribution in [0, 0.1) is 18.8 Å². The van der Waals surface area contributed by atoms with E-state index in [2.05, 4.69) is 27.6 Å². The van der Waals surface area contributed by atoms with Gasteiger partial charge in [0.05, 0.1) is 10.5 Å². The molecule has 2 heterocycles. The van der Waals surface area contributed by atoms with E-state index in [1.165, 1.54) is 12.3 Å². The summed E-state index contributed by atoms with van der Waals surface area (Å²) >= 11 is 9.70. The molecule has 0 saturated heterocycles. The third-order valence-corrected chi connectivity index (χ3v) is 4.76. The van der Waals surface area contributed by atoms with Crippen molar-refractivity contribution in [2.24, 2.45) is 0 Å². The molecule has 0 unspecified atom stereocenters. The molecule has 28 heavy (non-hydrogen) atoms. The average molecular weight is 417 g/mol. The first-order valence-electron chi connectivity index (χ1n) is 8.14. The summed E-state index contributed by atoms with van der Waals surface area (Å²) in [6.07, 6.45) is 0.610. The Hall–Kier alpha value is -2.77. The second-order valence-corrected chi connectivity index (χ2v) is 6.74. The lowest BCUT2D eigenvalue weighted by Crippen LogP contribution is -1.99. The van der Waals surface area contributed by atoms with E-state index < -0.39 is 11.9 Å². The number of aromatic nitrogens is 3. The van der Waals surface area contributed by atoms with Crippen LogP contribution in [-0.2, 0) is 0 Å². The maximum atomic E-state index is 13.5. The molecule has 4 rings (SSSR count). The normalized spacial score (nSPS) is 10.5. The Morgan fingerprint density at radius 1 is 1.04 bits per heavy atom. The van der Waals surface area contributed by atoms with Gasteiger partial charge in [0.2, 0.25) is 0 Å². The molecule has 4 nitrogen and oxygen atoms in total. The van der Waals surface area contributed by atoms with Gasteiger partial charge in [-0.05, 0) is 42.8 Å². The first-order valence-corrected chi connectivity index (χ1v) is 8.96. The molecular weight excluding hydrogens is 402 g/mol. The average Bonchev–Trinajstić information content (AvgIpc) is 2.67. The van der Waals surface area contributed by atoms with Gasteiger partial charge >= 0.3 is 6.08 Å². The zero-order valence-electron chi connectivity index (χ0n) is 14.7. The zero-order chi connectivity index (χ0) is 20.3. The Morgan fingerprint density at radius 3 is 2.46 bits per heavy atom. The quantitative estimate of drug-likeness (QED) is 0.318. The third-order valence-electron chi connectivity index (χ3n) is 3.91. The zero-order valence-corrected chi connectivity index (χ0v) is 16.3. The third kappa shape index (κ3) is 4.55. The summed E-state index contributed by atoms with van der Waals surface area (Å²) in [6, 6.07) is 13.9. The van der Waals surface area contributed by atoms with Crippen molar-refractivity contribution in [2.75, 3.05) is 5.73 Å². The molecule has 0 spiro atoms. The van der Waals surface area contributed by atoms with Gasteiger partial charge in [0.1, 0.15) is 0 Å². The number of nitrogen functional groups attached to an aromatic ring is 1. The highest BCUT2D eigenvalue weighted by Crippen LogP contribution is 2.27. The lowest BCUT2D eigenvalue weighted by molar-refractivity contribution is 0.544. The van der Waals surface area contributed by atoms with E-state index in [-0.39, 0.29) is 5.82 Å². The number of nitrogens with two attached hydrogens (primary N) is 1. The van der Waals surface area contributed by atoms with E-state index in [4.69, 9.17) is 17.3 Å². The molecule has 0 fully saturated rings. The minimum atomic E-state index is -0.776. The highest BCUT2D eigenvalue weighted by atomic mass is 35.5. The molecule has 0 atom stereocenters. The number of fused-ring (bicyclic) bond motifs is 1. The Kier molecular flexibility index (Phi) is 6.06. The number of thiol groups is 1. The summed E-state index contributed by atoms with van der Waals surface area (Å²) in [5.74, 6) is -0.696. The van der Waals surface area contributed by atoms with Gasteiger partial charge < -0.3 is 5.73 Å². The fraction of sp³-hybridized carbons (Fsp3) is 0.0500. The largest absolute Gasteiger partial charge is 0.381 e. The molecule has 142 valence electrons. The molecule has 0 saturated carbocycles. The molecule has 0 aliphatic heterocycles. The predicted molar refractivity (Wildman–Crippen MR) is 111 cm³/mol. The van der Waals surface area contributed by atoms with Crippen molar-refractivity contribution in [3.05, 3.63) is 77.3 Å². The minimum Gasteiger partial charge on any atom is -0.381 e. The van der Waals surface area contributed by atoms with Crippen LogP contribution in [0.5, 0.6) is 0 Å². The van der Waals surface area contributed by atoms with Crippen LogP contribution in [0.1, 0.15) is 5.69 Å². The summed E-state index contributed by atoms with van der Waals surface area (Å²) in [4.78, 5) is 12.0. The smallest absolute Gasteiger partial charge is 0.309 e. The number of hydrogen-bond donors (Lipinski definition) is 2. The molecule has 0 aliphatic carbocycles. The Balaban J connectivity index is 0.000000236. The van der Waals surface area contributed by atoms with E-state index in [9.17, 15) is 8.78 Å². The van der Waals surface area contributed by atoms with E-state index in [1.54, 1.807) is 25.1 Å². The molecule has 0 aliphatic rings. The Morgan fingerprint density at radius 2 is 1.79 bits per heavy atom. The number of rotatable bonds is 1. The second kappa shape index (κ2) is 8.50. The Labute approximate surface area is 170 Å². The summed E-state index contributed by atoms with van der Waals surface area (Å²) in [7, 11) is 0. The van der Waals surface area contributed by atoms with Gasteiger partial charge in [0.25, 0.3) is 0 Å². The van der Waals surface area contributed by atoms with Crippen LogP contribution in [0.25, 0.3) is 22.0 Å². The van der Waals surface area contributed by atoms with Crippen molar-refractivity contribution < 1.29 is 8.78 Å². The fourth-order valence-electron chi connectivity index (χ4n) is 2.52. The van der Waals surface area contributed by atoms with Gasteiger partial charge in [-0.2, -0.15) is 4.39 Å². The summed E-state index contributed by atoms with van der Waals surface area (Å²) in [5.41, 5.74) is 7.91. The molecule has 0 bridgehead atoms. The van der Waals surface area contributed by atoms with Crippen molar-refractivity contribution in [2.45, 2.75) is 11.8 Å². The van der Waals surface area contributed by atoms with Crippen LogP contribution in [0.3, 0.4) is 0 Å². The van der Waals surface area contributed by atoms with Crippen LogP contribution < -0.4 is 5.73 Å². The van der Waals surface area contributed by atoms with Gasteiger partial charge in [0.15, 0.2) is 11.6 Å². The van der Waals surface area contributed by atoms with Crippen molar-refractivity contribution in [3.8, 4) is 11.1 Å². The standard InChI is InChI=1S/C14H10F2N4.C6H5ClS/c1-7-10(5-11(15)13(17)19-7)8-2-3-12-9(4-8)6-18-14(16)20-12;7-5-3-1-2-4-6(5)8/h2-6H,1H3,(H2,17,19);1-4,8H. The van der Waals surface area contributed by atoms with Crippen LogP contribution in [0.2, 0.25) is 5.02 Å². The number of benzene rings is 2. The number of pyridine rings is 1. The maximum absolute atomic E-state index is 13.5. The van der Waals surface area contributed by atoms with Crippen molar-refractivity contribution in [1.29, 1.82) is 0 Å².